The molecule has 0 radical (unpaired) electrons. The topological polar surface area (TPSA) is 29.5 Å². The molecule has 2 nitrogen and oxygen atoms in total. The Kier molecular flexibility index (Phi) is 3.28. The monoisotopic (exact) mass is 246 g/mol. The van der Waals surface area contributed by atoms with E-state index in [1.165, 1.54) is 0 Å². The molecular formula is C12H13F3O2. The van der Waals surface area contributed by atoms with Crippen LogP contribution < -0.4 is 4.74 Å². The van der Waals surface area contributed by atoms with Crippen molar-refractivity contribution in [2.45, 2.75) is 37.6 Å². The lowest BCUT2D eigenvalue weighted by molar-refractivity contribution is -0.142. The minimum Gasteiger partial charge on any atom is -0.487 e. The molecule has 1 aromatic carbocycles. The molecule has 2 unspecified atom stereocenters. The van der Waals surface area contributed by atoms with Gasteiger partial charge in [-0.2, -0.15) is 13.2 Å². The van der Waals surface area contributed by atoms with Crippen molar-refractivity contribution in [3.05, 3.63) is 29.8 Å². The number of para-hydroxylation sites is 1. The van der Waals surface area contributed by atoms with Gasteiger partial charge in [0.25, 0.3) is 0 Å². The number of alkyl halides is 3. The van der Waals surface area contributed by atoms with Gasteiger partial charge in [0.2, 0.25) is 0 Å². The lowest BCUT2D eigenvalue weighted by Crippen LogP contribution is -2.31. The molecule has 0 saturated carbocycles. The van der Waals surface area contributed by atoms with Crippen LogP contribution in [-0.4, -0.2) is 23.5 Å². The zero-order chi connectivity index (χ0) is 12.5. The van der Waals surface area contributed by atoms with Gasteiger partial charge in [0.15, 0.2) is 0 Å². The van der Waals surface area contributed by atoms with Gasteiger partial charge in [-0.25, -0.2) is 0 Å². The van der Waals surface area contributed by atoms with Crippen molar-refractivity contribution in [1.29, 1.82) is 0 Å². The summed E-state index contributed by atoms with van der Waals surface area (Å²) in [6.07, 6.45) is -6.70. The Labute approximate surface area is 97.0 Å². The van der Waals surface area contributed by atoms with Gasteiger partial charge in [-0.1, -0.05) is 18.2 Å². The number of fused-ring (bicyclic) bond motifs is 1. The van der Waals surface area contributed by atoms with Gasteiger partial charge in [0.05, 0.1) is 6.10 Å². The maximum atomic E-state index is 12.0. The molecule has 0 saturated heterocycles. The third kappa shape index (κ3) is 3.12. The van der Waals surface area contributed by atoms with Crippen LogP contribution in [0.25, 0.3) is 0 Å². The molecule has 17 heavy (non-hydrogen) atoms. The van der Waals surface area contributed by atoms with Crippen LogP contribution in [0.1, 0.15) is 18.4 Å². The zero-order valence-corrected chi connectivity index (χ0v) is 9.07. The van der Waals surface area contributed by atoms with E-state index in [1.54, 1.807) is 12.1 Å². The van der Waals surface area contributed by atoms with Crippen molar-refractivity contribution < 1.29 is 23.0 Å². The van der Waals surface area contributed by atoms with E-state index in [1.807, 2.05) is 12.1 Å². The van der Waals surface area contributed by atoms with Crippen LogP contribution in [0.4, 0.5) is 13.2 Å². The highest BCUT2D eigenvalue weighted by Crippen LogP contribution is 2.31. The normalized spacial score (nSPS) is 20.8. The molecule has 0 aromatic heterocycles. The van der Waals surface area contributed by atoms with Crippen LogP contribution in [0, 0.1) is 0 Å². The van der Waals surface area contributed by atoms with E-state index in [0.29, 0.717) is 12.2 Å². The van der Waals surface area contributed by atoms with Gasteiger partial charge in [-0.3, -0.25) is 0 Å². The summed E-state index contributed by atoms with van der Waals surface area (Å²) < 4.78 is 41.5. The summed E-state index contributed by atoms with van der Waals surface area (Å²) in [4.78, 5) is 0. The Morgan fingerprint density at radius 2 is 2.06 bits per heavy atom. The largest absolute Gasteiger partial charge is 0.487 e. The first kappa shape index (κ1) is 12.2. The first-order valence-electron chi connectivity index (χ1n) is 5.45. The Morgan fingerprint density at radius 1 is 1.35 bits per heavy atom. The Morgan fingerprint density at radius 3 is 2.71 bits per heavy atom. The second-order valence-corrected chi connectivity index (χ2v) is 4.19. The number of rotatable bonds is 3. The van der Waals surface area contributed by atoms with E-state index in [-0.39, 0.29) is 6.42 Å². The van der Waals surface area contributed by atoms with Crippen molar-refractivity contribution in [1.82, 2.24) is 0 Å². The Bertz CT molecular complexity index is 365. The molecule has 1 aliphatic rings. The molecule has 1 heterocycles. The van der Waals surface area contributed by atoms with Crippen LogP contribution in [0.15, 0.2) is 24.3 Å². The van der Waals surface area contributed by atoms with E-state index in [9.17, 15) is 18.3 Å². The summed E-state index contributed by atoms with van der Waals surface area (Å²) in [5.41, 5.74) is 0.934. The maximum Gasteiger partial charge on any atom is 0.389 e. The molecular weight excluding hydrogens is 233 g/mol. The van der Waals surface area contributed by atoms with Crippen LogP contribution in [0.5, 0.6) is 5.75 Å². The number of hydrogen-bond donors (Lipinski definition) is 1. The van der Waals surface area contributed by atoms with Crippen LogP contribution >= 0.6 is 0 Å². The summed E-state index contributed by atoms with van der Waals surface area (Å²) in [5, 5.41) is 9.66. The molecule has 94 valence electrons. The fraction of sp³-hybridized carbons (Fsp3) is 0.500. The fourth-order valence-corrected chi connectivity index (χ4v) is 1.92. The van der Waals surface area contributed by atoms with Gasteiger partial charge in [-0.15, -0.1) is 0 Å². The molecule has 0 bridgehead atoms. The average Bonchev–Trinajstić information content (AvgIpc) is 2.68. The van der Waals surface area contributed by atoms with E-state index in [0.717, 1.165) is 5.56 Å². The highest BCUT2D eigenvalue weighted by molar-refractivity contribution is 5.37. The lowest BCUT2D eigenvalue weighted by Gasteiger charge is -2.18. The van der Waals surface area contributed by atoms with Crippen LogP contribution in [-0.2, 0) is 6.42 Å². The molecule has 0 spiro atoms. The first-order valence-corrected chi connectivity index (χ1v) is 5.45. The molecule has 1 aromatic rings. The van der Waals surface area contributed by atoms with Crippen molar-refractivity contribution >= 4 is 0 Å². The smallest absolute Gasteiger partial charge is 0.389 e. The third-order valence-electron chi connectivity index (χ3n) is 2.82. The number of aliphatic hydroxyl groups is 1. The Balaban J connectivity index is 1.90. The zero-order valence-electron chi connectivity index (χ0n) is 9.07. The number of ether oxygens (including phenoxy) is 1. The molecule has 1 aliphatic heterocycles. The van der Waals surface area contributed by atoms with Gasteiger partial charge in [-0.05, 0) is 18.1 Å². The number of hydrogen-bond acceptors (Lipinski definition) is 2. The van der Waals surface area contributed by atoms with E-state index >= 15 is 0 Å². The summed E-state index contributed by atoms with van der Waals surface area (Å²) in [7, 11) is 0. The number of halogens is 3. The number of aliphatic hydroxyl groups excluding tert-OH is 1. The van der Waals surface area contributed by atoms with Crippen molar-refractivity contribution in [3.8, 4) is 5.75 Å². The van der Waals surface area contributed by atoms with Crippen molar-refractivity contribution in [2.24, 2.45) is 0 Å². The van der Waals surface area contributed by atoms with Gasteiger partial charge in [0.1, 0.15) is 11.9 Å². The summed E-state index contributed by atoms with van der Waals surface area (Å²) in [6.45, 7) is 0. The minimum absolute atomic E-state index is 0.317. The van der Waals surface area contributed by atoms with Crippen LogP contribution in [0.2, 0.25) is 0 Å². The van der Waals surface area contributed by atoms with Gasteiger partial charge < -0.3 is 9.84 Å². The SMILES string of the molecule is OC(CCC(F)(F)F)C1Cc2ccccc2O1. The summed E-state index contributed by atoms with van der Waals surface area (Å²) in [6, 6.07) is 7.24. The van der Waals surface area contributed by atoms with Crippen molar-refractivity contribution in [3.63, 3.8) is 0 Å². The highest BCUT2D eigenvalue weighted by Gasteiger charge is 2.33. The quantitative estimate of drug-likeness (QED) is 0.888. The molecule has 0 aliphatic carbocycles. The van der Waals surface area contributed by atoms with Crippen molar-refractivity contribution in [2.75, 3.05) is 0 Å². The van der Waals surface area contributed by atoms with E-state index < -0.39 is 24.8 Å². The predicted octanol–water partition coefficient (Wildman–Crippen LogP) is 2.69. The van der Waals surface area contributed by atoms with Crippen LogP contribution in [0.3, 0.4) is 0 Å². The van der Waals surface area contributed by atoms with Gasteiger partial charge in [0, 0.05) is 12.8 Å². The summed E-state index contributed by atoms with van der Waals surface area (Å²) >= 11 is 0. The molecule has 2 atom stereocenters. The fourth-order valence-electron chi connectivity index (χ4n) is 1.92. The Hall–Kier alpha value is -1.23. The lowest BCUT2D eigenvalue weighted by atomic mass is 10.0. The van der Waals surface area contributed by atoms with E-state index in [2.05, 4.69) is 0 Å². The molecule has 0 fully saturated rings. The summed E-state index contributed by atoms with van der Waals surface area (Å²) in [5.74, 6) is 0.656. The third-order valence-corrected chi connectivity index (χ3v) is 2.82. The highest BCUT2D eigenvalue weighted by atomic mass is 19.4. The minimum atomic E-state index is -4.23. The molecule has 1 N–H and O–H groups in total. The molecule has 0 amide bonds. The predicted molar refractivity (Wildman–Crippen MR) is 55.9 cm³/mol. The standard InChI is InChI=1S/C12H13F3O2/c13-12(14,15)6-5-9(16)11-7-8-3-1-2-4-10(8)17-11/h1-4,9,11,16H,5-7H2. The van der Waals surface area contributed by atoms with Gasteiger partial charge >= 0.3 is 6.18 Å². The van der Waals surface area contributed by atoms with E-state index in [4.69, 9.17) is 4.74 Å². The molecule has 2 rings (SSSR count). The maximum absolute atomic E-state index is 12.0. The second kappa shape index (κ2) is 4.56. The first-order chi connectivity index (χ1) is 7.96. The second-order valence-electron chi connectivity index (χ2n) is 4.19. The number of benzene rings is 1. The molecule has 5 heteroatoms. The average molecular weight is 246 g/mol.